The van der Waals surface area contributed by atoms with Crippen LogP contribution in [0.15, 0.2) is 0 Å². The van der Waals surface area contributed by atoms with Crippen molar-refractivity contribution >= 4 is 21.8 Å². The zero-order valence-electron chi connectivity index (χ0n) is 10.5. The monoisotopic (exact) mass is 282 g/mol. The van der Waals surface area contributed by atoms with Gasteiger partial charge in [-0.3, -0.25) is 0 Å². The maximum absolute atomic E-state index is 12.0. The second-order valence-corrected chi connectivity index (χ2v) is 8.55. The van der Waals surface area contributed by atoms with Crippen LogP contribution in [-0.4, -0.2) is 61.8 Å². The number of hydrogen-bond donors (Lipinski definition) is 1. The summed E-state index contributed by atoms with van der Waals surface area (Å²) in [4.78, 5) is 0. The number of sulfonamides is 1. The van der Waals surface area contributed by atoms with E-state index < -0.39 is 10.0 Å². The maximum atomic E-state index is 12.0. The molecule has 17 heavy (non-hydrogen) atoms. The van der Waals surface area contributed by atoms with Gasteiger partial charge in [-0.2, -0.15) is 16.1 Å². The second-order valence-electron chi connectivity index (χ2n) is 4.66. The van der Waals surface area contributed by atoms with E-state index in [2.05, 4.69) is 13.8 Å². The van der Waals surface area contributed by atoms with Crippen LogP contribution < -0.4 is 5.73 Å². The summed E-state index contributed by atoms with van der Waals surface area (Å²) in [6.45, 7) is 6.40. The van der Waals surface area contributed by atoms with Crippen molar-refractivity contribution in [2.75, 3.05) is 44.4 Å². The zero-order valence-corrected chi connectivity index (χ0v) is 12.1. The van der Waals surface area contributed by atoms with Crippen LogP contribution in [0.2, 0.25) is 0 Å². The van der Waals surface area contributed by atoms with Crippen LogP contribution in [0.3, 0.4) is 0 Å². The van der Waals surface area contributed by atoms with E-state index in [1.165, 1.54) is 0 Å². The molecule has 0 unspecified atom stereocenters. The number of ether oxygens (including phenoxy) is 1. The van der Waals surface area contributed by atoms with Crippen molar-refractivity contribution in [1.82, 2.24) is 4.31 Å². The largest absolute Gasteiger partial charge is 0.379 e. The Kier molecular flexibility index (Phi) is 5.72. The van der Waals surface area contributed by atoms with E-state index in [9.17, 15) is 8.42 Å². The molecule has 0 aromatic rings. The predicted octanol–water partition coefficient (Wildman–Crippen LogP) is 0.119. The minimum Gasteiger partial charge on any atom is -0.379 e. The molecular formula is C10H22N2O3S2. The minimum absolute atomic E-state index is 0.00341. The molecule has 1 saturated heterocycles. The quantitative estimate of drug-likeness (QED) is 0.701. The molecular weight excluding hydrogens is 260 g/mol. The van der Waals surface area contributed by atoms with Gasteiger partial charge in [-0.1, -0.05) is 0 Å². The van der Waals surface area contributed by atoms with Gasteiger partial charge < -0.3 is 10.5 Å². The zero-order chi connectivity index (χ0) is 12.9. The van der Waals surface area contributed by atoms with Crippen molar-refractivity contribution in [3.05, 3.63) is 0 Å². The molecule has 0 bridgehead atoms. The van der Waals surface area contributed by atoms with E-state index in [0.29, 0.717) is 26.2 Å². The highest BCUT2D eigenvalue weighted by atomic mass is 32.2. The summed E-state index contributed by atoms with van der Waals surface area (Å²) in [6.07, 6.45) is 0. The van der Waals surface area contributed by atoms with Gasteiger partial charge in [0.25, 0.3) is 0 Å². The Balaban J connectivity index is 2.46. The first-order chi connectivity index (χ1) is 7.87. The van der Waals surface area contributed by atoms with Gasteiger partial charge in [0, 0.05) is 30.1 Å². The van der Waals surface area contributed by atoms with Crippen molar-refractivity contribution in [1.29, 1.82) is 0 Å². The summed E-state index contributed by atoms with van der Waals surface area (Å²) in [5.41, 5.74) is 5.27. The van der Waals surface area contributed by atoms with Gasteiger partial charge in [-0.15, -0.1) is 0 Å². The van der Waals surface area contributed by atoms with E-state index in [-0.39, 0.29) is 17.1 Å². The molecule has 0 spiro atoms. The topological polar surface area (TPSA) is 72.6 Å². The number of rotatable bonds is 6. The van der Waals surface area contributed by atoms with Crippen LogP contribution in [0.1, 0.15) is 13.8 Å². The first-order valence-corrected chi connectivity index (χ1v) is 8.36. The van der Waals surface area contributed by atoms with E-state index in [1.54, 1.807) is 4.31 Å². The number of nitrogens with zero attached hydrogens (tertiary/aromatic N) is 1. The fourth-order valence-electron chi connectivity index (χ4n) is 1.69. The lowest BCUT2D eigenvalue weighted by Gasteiger charge is -2.36. The van der Waals surface area contributed by atoms with E-state index in [0.717, 1.165) is 5.75 Å². The lowest BCUT2D eigenvalue weighted by Crippen LogP contribution is -2.47. The standard InChI is InChI=1S/C10H22N2O3S2/c1-10(2)9-12(4-7-16-10)17(13,14)8-6-15-5-3-11/h3-9,11H2,1-2H3. The molecule has 2 N–H and O–H groups in total. The highest BCUT2D eigenvalue weighted by Gasteiger charge is 2.33. The Morgan fingerprint density at radius 3 is 2.71 bits per heavy atom. The minimum atomic E-state index is -3.18. The van der Waals surface area contributed by atoms with Crippen molar-refractivity contribution in [3.8, 4) is 0 Å². The van der Waals surface area contributed by atoms with Gasteiger partial charge in [-0.05, 0) is 13.8 Å². The molecule has 0 aliphatic carbocycles. The molecule has 0 atom stereocenters. The molecule has 1 rings (SSSR count). The maximum Gasteiger partial charge on any atom is 0.216 e. The summed E-state index contributed by atoms with van der Waals surface area (Å²) < 4.78 is 30.8. The highest BCUT2D eigenvalue weighted by Crippen LogP contribution is 2.30. The Morgan fingerprint density at radius 1 is 1.41 bits per heavy atom. The van der Waals surface area contributed by atoms with E-state index in [1.807, 2.05) is 11.8 Å². The molecule has 1 fully saturated rings. The number of hydrogen-bond acceptors (Lipinski definition) is 5. The van der Waals surface area contributed by atoms with Crippen LogP contribution in [0.25, 0.3) is 0 Å². The van der Waals surface area contributed by atoms with Gasteiger partial charge in [0.15, 0.2) is 0 Å². The fraction of sp³-hybridized carbons (Fsp3) is 1.00. The van der Waals surface area contributed by atoms with Crippen molar-refractivity contribution in [2.45, 2.75) is 18.6 Å². The number of thioether (sulfide) groups is 1. The van der Waals surface area contributed by atoms with Gasteiger partial charge in [-0.25, -0.2) is 8.42 Å². The fourth-order valence-corrected chi connectivity index (χ4v) is 4.47. The molecule has 0 aromatic carbocycles. The molecule has 1 aliphatic rings. The molecule has 0 saturated carbocycles. The number of nitrogens with two attached hydrogens (primary N) is 1. The lowest BCUT2D eigenvalue weighted by molar-refractivity contribution is 0.156. The van der Waals surface area contributed by atoms with Crippen molar-refractivity contribution < 1.29 is 13.2 Å². The molecule has 1 heterocycles. The highest BCUT2D eigenvalue weighted by molar-refractivity contribution is 8.00. The molecule has 0 aromatic heterocycles. The Morgan fingerprint density at radius 2 is 2.12 bits per heavy atom. The van der Waals surface area contributed by atoms with Crippen LogP contribution in [0.4, 0.5) is 0 Å². The SMILES string of the molecule is CC1(C)CN(S(=O)(=O)CCOCCN)CCS1. The summed E-state index contributed by atoms with van der Waals surface area (Å²) in [6, 6.07) is 0. The Labute approximate surface area is 108 Å². The third kappa shape index (κ3) is 5.13. The predicted molar refractivity (Wildman–Crippen MR) is 71.8 cm³/mol. The van der Waals surface area contributed by atoms with Crippen LogP contribution in [-0.2, 0) is 14.8 Å². The van der Waals surface area contributed by atoms with Gasteiger partial charge >= 0.3 is 0 Å². The van der Waals surface area contributed by atoms with Crippen molar-refractivity contribution in [2.24, 2.45) is 5.73 Å². The van der Waals surface area contributed by atoms with Crippen LogP contribution in [0, 0.1) is 0 Å². The first kappa shape index (κ1) is 15.2. The third-order valence-corrected chi connectivity index (χ3v) is 5.61. The van der Waals surface area contributed by atoms with Crippen LogP contribution in [0.5, 0.6) is 0 Å². The summed E-state index contributed by atoms with van der Waals surface area (Å²) in [7, 11) is -3.18. The summed E-state index contributed by atoms with van der Waals surface area (Å²) in [5.74, 6) is 0.906. The molecule has 102 valence electrons. The summed E-state index contributed by atoms with van der Waals surface area (Å²) in [5, 5.41) is 0. The average molecular weight is 282 g/mol. The molecule has 1 aliphatic heterocycles. The van der Waals surface area contributed by atoms with Gasteiger partial charge in [0.2, 0.25) is 10.0 Å². The smallest absolute Gasteiger partial charge is 0.216 e. The Bertz CT molecular complexity index is 330. The Hall–Kier alpha value is 0.180. The van der Waals surface area contributed by atoms with Crippen LogP contribution >= 0.6 is 11.8 Å². The van der Waals surface area contributed by atoms with Gasteiger partial charge in [0.05, 0.1) is 19.0 Å². The summed E-state index contributed by atoms with van der Waals surface area (Å²) >= 11 is 1.82. The second kappa shape index (κ2) is 6.38. The molecule has 7 heteroatoms. The van der Waals surface area contributed by atoms with Gasteiger partial charge in [0.1, 0.15) is 0 Å². The first-order valence-electron chi connectivity index (χ1n) is 5.77. The molecule has 0 amide bonds. The van der Waals surface area contributed by atoms with E-state index in [4.69, 9.17) is 10.5 Å². The third-order valence-electron chi connectivity index (χ3n) is 2.53. The van der Waals surface area contributed by atoms with E-state index >= 15 is 0 Å². The molecule has 5 nitrogen and oxygen atoms in total. The molecule has 0 radical (unpaired) electrons. The normalized spacial score (nSPS) is 21.6. The average Bonchev–Trinajstić information content (AvgIpc) is 2.23. The van der Waals surface area contributed by atoms with Crippen molar-refractivity contribution in [3.63, 3.8) is 0 Å². The lowest BCUT2D eigenvalue weighted by atomic mass is 10.2.